The largest absolute Gasteiger partial charge is 0.495 e. The third-order valence-corrected chi connectivity index (χ3v) is 5.11. The molecule has 3 aromatic rings. The fourth-order valence-corrected chi connectivity index (χ4v) is 3.80. The van der Waals surface area contributed by atoms with Gasteiger partial charge in [-0.25, -0.2) is 4.39 Å². The van der Waals surface area contributed by atoms with Gasteiger partial charge < -0.3 is 24.3 Å². The first-order valence-electron chi connectivity index (χ1n) is 9.61. The van der Waals surface area contributed by atoms with Gasteiger partial charge in [0.25, 0.3) is 0 Å². The molecule has 0 bridgehead atoms. The number of aliphatic hydroxyl groups excluding tert-OH is 1. The summed E-state index contributed by atoms with van der Waals surface area (Å²) in [4.78, 5) is 14.8. The number of morpholine rings is 1. The number of ether oxygens (including phenoxy) is 2. The van der Waals surface area contributed by atoms with Gasteiger partial charge in [-0.05, 0) is 41.5 Å². The smallest absolute Gasteiger partial charge is 0.137 e. The van der Waals surface area contributed by atoms with Crippen LogP contribution >= 0.6 is 11.6 Å². The highest BCUT2D eigenvalue weighted by molar-refractivity contribution is 6.32. The van der Waals surface area contributed by atoms with E-state index in [-0.39, 0.29) is 5.82 Å². The third-order valence-electron chi connectivity index (χ3n) is 4.82. The van der Waals surface area contributed by atoms with Gasteiger partial charge in [-0.15, -0.1) is 0 Å². The van der Waals surface area contributed by atoms with Crippen molar-refractivity contribution in [3.63, 3.8) is 0 Å². The molecule has 1 aliphatic heterocycles. The number of halogens is 2. The molecule has 2 heterocycles. The molecule has 0 aliphatic carbocycles. The molecule has 0 amide bonds. The average molecular weight is 449 g/mol. The molecule has 0 spiro atoms. The van der Waals surface area contributed by atoms with Gasteiger partial charge in [-0.3, -0.25) is 4.98 Å². The molecule has 8 heteroatoms. The molecule has 0 atom stereocenters. The first kappa shape index (κ1) is 24.5. The molecular weight excluding hydrogens is 423 g/mol. The topological polar surface area (TPSA) is 71.9 Å². The lowest BCUT2D eigenvalue weighted by Gasteiger charge is -2.31. The minimum absolute atomic E-state index is 0.261. The Kier molecular flexibility index (Phi) is 9.65. The molecule has 0 radical (unpaired) electrons. The predicted octanol–water partition coefficient (Wildman–Crippen LogP) is 3.89. The van der Waals surface area contributed by atoms with Crippen molar-refractivity contribution < 1.29 is 23.8 Å². The number of methoxy groups -OCH3 is 1. The molecule has 166 valence electrons. The summed E-state index contributed by atoms with van der Waals surface area (Å²) in [6, 6.07) is 10.5. The van der Waals surface area contributed by atoms with Crippen LogP contribution in [0.3, 0.4) is 0 Å². The quantitative estimate of drug-likeness (QED) is 0.653. The summed E-state index contributed by atoms with van der Waals surface area (Å²) in [6.45, 7) is 4.86. The van der Waals surface area contributed by atoms with Crippen molar-refractivity contribution in [3.05, 3.63) is 64.6 Å². The van der Waals surface area contributed by atoms with E-state index in [1.54, 1.807) is 19.2 Å². The Balaban J connectivity index is 0.000000807. The summed E-state index contributed by atoms with van der Waals surface area (Å²) >= 11 is 6.28. The van der Waals surface area contributed by atoms with Gasteiger partial charge in [0.05, 0.1) is 36.6 Å². The van der Waals surface area contributed by atoms with Crippen LogP contribution in [0.5, 0.6) is 5.75 Å². The van der Waals surface area contributed by atoms with Crippen LogP contribution in [0.4, 0.5) is 10.1 Å². The second-order valence-corrected chi connectivity index (χ2v) is 6.95. The van der Waals surface area contributed by atoms with Crippen molar-refractivity contribution in [1.82, 2.24) is 4.98 Å². The van der Waals surface area contributed by atoms with Gasteiger partial charge >= 0.3 is 0 Å². The van der Waals surface area contributed by atoms with Crippen molar-refractivity contribution in [2.75, 3.05) is 45.4 Å². The molecular formula is C23H26ClFN2O4. The lowest BCUT2D eigenvalue weighted by molar-refractivity contribution is -0.0979. The van der Waals surface area contributed by atoms with E-state index in [1.165, 1.54) is 6.07 Å². The zero-order valence-electron chi connectivity index (χ0n) is 17.6. The predicted molar refractivity (Wildman–Crippen MR) is 121 cm³/mol. The van der Waals surface area contributed by atoms with Gasteiger partial charge in [0.1, 0.15) is 18.4 Å². The van der Waals surface area contributed by atoms with Crippen LogP contribution in [0.25, 0.3) is 10.9 Å². The Hall–Kier alpha value is -2.74. The van der Waals surface area contributed by atoms with Gasteiger partial charge in [0.15, 0.2) is 0 Å². The summed E-state index contributed by atoms with van der Waals surface area (Å²) < 4.78 is 24.7. The van der Waals surface area contributed by atoms with Gasteiger partial charge in [0, 0.05) is 38.2 Å². The summed E-state index contributed by atoms with van der Waals surface area (Å²) in [5.74, 6) is 0.385. The summed E-state index contributed by atoms with van der Waals surface area (Å²) in [5.41, 5.74) is 3.90. The number of anilines is 1. The first-order chi connectivity index (χ1) is 15.2. The van der Waals surface area contributed by atoms with E-state index in [0.29, 0.717) is 30.4 Å². The number of pyridine rings is 1. The number of aromatic nitrogens is 1. The van der Waals surface area contributed by atoms with E-state index >= 15 is 0 Å². The van der Waals surface area contributed by atoms with E-state index in [4.69, 9.17) is 31.0 Å². The van der Waals surface area contributed by atoms with Crippen LogP contribution in [0.1, 0.15) is 11.1 Å². The minimum Gasteiger partial charge on any atom is -0.495 e. The van der Waals surface area contributed by atoms with Crippen molar-refractivity contribution in [1.29, 1.82) is 0 Å². The van der Waals surface area contributed by atoms with Crippen molar-refractivity contribution in [2.24, 2.45) is 0 Å². The van der Waals surface area contributed by atoms with E-state index in [2.05, 4.69) is 9.88 Å². The van der Waals surface area contributed by atoms with Crippen molar-refractivity contribution in [2.45, 2.75) is 6.42 Å². The fourth-order valence-electron chi connectivity index (χ4n) is 3.52. The minimum atomic E-state index is -0.261. The number of benzene rings is 2. The molecule has 1 fully saturated rings. The van der Waals surface area contributed by atoms with Crippen molar-refractivity contribution in [3.8, 4) is 5.75 Å². The maximum Gasteiger partial charge on any atom is 0.137 e. The van der Waals surface area contributed by atoms with E-state index in [9.17, 15) is 4.39 Å². The Morgan fingerprint density at radius 1 is 1.19 bits per heavy atom. The molecule has 1 aromatic heterocycles. The maximum absolute atomic E-state index is 14.0. The van der Waals surface area contributed by atoms with Crippen LogP contribution in [-0.4, -0.2) is 57.4 Å². The zero-order chi connectivity index (χ0) is 22.8. The SMILES string of the molecule is C=O.CO.COc1ccc(Cc2cnc3ccc(F)cc3c2N2CCOCC2)cc1Cl. The van der Waals surface area contributed by atoms with Gasteiger partial charge in [-0.2, -0.15) is 0 Å². The number of aliphatic hydroxyl groups is 1. The molecule has 6 nitrogen and oxygen atoms in total. The first-order valence-corrected chi connectivity index (χ1v) is 9.99. The van der Waals surface area contributed by atoms with Crippen LogP contribution in [-0.2, 0) is 16.0 Å². The molecule has 1 N–H and O–H groups in total. The van der Waals surface area contributed by atoms with Crippen LogP contribution in [0.2, 0.25) is 5.02 Å². The monoisotopic (exact) mass is 448 g/mol. The lowest BCUT2D eigenvalue weighted by atomic mass is 10.0. The summed E-state index contributed by atoms with van der Waals surface area (Å²) in [6.07, 6.45) is 2.53. The number of rotatable bonds is 4. The standard InChI is InChI=1S/C21H20ClFN2O2.CH4O.CH2O/c1-26-20-5-2-14(11-18(20)22)10-15-13-24-19-4-3-16(23)12-17(19)21(15)25-6-8-27-9-7-25;2*1-2/h2-5,11-13H,6-10H2,1H3;2H,1H3;1H2. The highest BCUT2D eigenvalue weighted by Crippen LogP contribution is 2.33. The normalized spacial score (nSPS) is 13.0. The van der Waals surface area contributed by atoms with E-state index in [0.717, 1.165) is 47.9 Å². The molecule has 4 rings (SSSR count). The average Bonchev–Trinajstić information content (AvgIpc) is 2.82. The Morgan fingerprint density at radius 3 is 2.55 bits per heavy atom. The van der Waals surface area contributed by atoms with Crippen LogP contribution < -0.4 is 9.64 Å². The Morgan fingerprint density at radius 2 is 1.90 bits per heavy atom. The van der Waals surface area contributed by atoms with Crippen LogP contribution in [0, 0.1) is 5.82 Å². The van der Waals surface area contributed by atoms with Crippen molar-refractivity contribution >= 4 is 35.0 Å². The van der Waals surface area contributed by atoms with Gasteiger partial charge in [-0.1, -0.05) is 17.7 Å². The molecule has 0 saturated carbocycles. The Labute approximate surface area is 186 Å². The second kappa shape index (κ2) is 12.2. The summed E-state index contributed by atoms with van der Waals surface area (Å²) in [5, 5.41) is 8.40. The lowest BCUT2D eigenvalue weighted by Crippen LogP contribution is -2.37. The number of carbonyl (C=O) groups is 1. The number of nitrogens with zero attached hydrogens (tertiary/aromatic N) is 2. The molecule has 1 aliphatic rings. The maximum atomic E-state index is 14.0. The highest BCUT2D eigenvalue weighted by Gasteiger charge is 2.19. The number of carbonyl (C=O) groups excluding carboxylic acids is 1. The summed E-state index contributed by atoms with van der Waals surface area (Å²) in [7, 11) is 2.60. The Bertz CT molecular complexity index is 997. The van der Waals surface area contributed by atoms with E-state index in [1.807, 2.05) is 31.2 Å². The molecule has 0 unspecified atom stereocenters. The molecule has 1 saturated heterocycles. The number of fused-ring (bicyclic) bond motifs is 1. The zero-order valence-corrected chi connectivity index (χ0v) is 18.4. The molecule has 31 heavy (non-hydrogen) atoms. The number of hydrogen-bond donors (Lipinski definition) is 1. The fraction of sp³-hybridized carbons (Fsp3) is 0.304. The molecule has 2 aromatic carbocycles. The van der Waals surface area contributed by atoms with Crippen LogP contribution in [0.15, 0.2) is 42.6 Å². The third kappa shape index (κ3) is 5.91. The highest BCUT2D eigenvalue weighted by atomic mass is 35.5. The van der Waals surface area contributed by atoms with Gasteiger partial charge in [0.2, 0.25) is 0 Å². The van der Waals surface area contributed by atoms with E-state index < -0.39 is 0 Å². The number of hydrogen-bond acceptors (Lipinski definition) is 6. The second-order valence-electron chi connectivity index (χ2n) is 6.54.